The maximum atomic E-state index is 12.4. The van der Waals surface area contributed by atoms with Crippen LogP contribution in [0.25, 0.3) is 11.1 Å². The Balaban J connectivity index is 1.49. The fourth-order valence-corrected chi connectivity index (χ4v) is 4.20. The summed E-state index contributed by atoms with van der Waals surface area (Å²) in [5.74, 6) is -2.87. The molecule has 0 saturated heterocycles. The molecule has 2 amide bonds. The zero-order chi connectivity index (χ0) is 25.4. The van der Waals surface area contributed by atoms with E-state index in [9.17, 15) is 24.3 Å². The second-order valence-corrected chi connectivity index (χ2v) is 8.42. The third kappa shape index (κ3) is 6.59. The molecule has 0 fully saturated rings. The van der Waals surface area contributed by atoms with Crippen LogP contribution < -0.4 is 10.6 Å². The SMILES string of the molecule is CCC(CNC(=O)OCC1c2ccccc2-c2ccccc21)CC(=O)N[C@H](CC(=O)OC)C(=O)O. The predicted octanol–water partition coefficient (Wildman–Crippen LogP) is 3.07. The molecule has 0 aliphatic heterocycles. The number of fused-ring (bicyclic) bond motifs is 3. The van der Waals surface area contributed by atoms with Gasteiger partial charge in [0.2, 0.25) is 5.91 Å². The summed E-state index contributed by atoms with van der Waals surface area (Å²) in [6, 6.07) is 14.7. The lowest BCUT2D eigenvalue weighted by atomic mass is 9.98. The number of carbonyl (C=O) groups is 4. The molecule has 0 radical (unpaired) electrons. The smallest absolute Gasteiger partial charge is 0.407 e. The Hall–Kier alpha value is -3.88. The first kappa shape index (κ1) is 25.7. The van der Waals surface area contributed by atoms with Gasteiger partial charge < -0.3 is 25.2 Å². The molecule has 1 aliphatic rings. The Morgan fingerprint density at radius 1 is 0.971 bits per heavy atom. The van der Waals surface area contributed by atoms with Crippen molar-refractivity contribution in [3.63, 3.8) is 0 Å². The molecule has 0 bridgehead atoms. The van der Waals surface area contributed by atoms with Gasteiger partial charge in [0, 0.05) is 18.9 Å². The normalized spacial score (nSPS) is 13.7. The molecule has 0 heterocycles. The van der Waals surface area contributed by atoms with Gasteiger partial charge in [-0.25, -0.2) is 9.59 Å². The summed E-state index contributed by atoms with van der Waals surface area (Å²) in [4.78, 5) is 47.3. The first-order valence-corrected chi connectivity index (χ1v) is 11.5. The number of esters is 1. The van der Waals surface area contributed by atoms with Crippen molar-refractivity contribution in [2.24, 2.45) is 5.92 Å². The highest BCUT2D eigenvalue weighted by Gasteiger charge is 2.29. The number of benzene rings is 2. The second-order valence-electron chi connectivity index (χ2n) is 8.42. The molecule has 2 aromatic rings. The molecule has 1 aliphatic carbocycles. The van der Waals surface area contributed by atoms with Gasteiger partial charge in [-0.05, 0) is 28.2 Å². The minimum absolute atomic E-state index is 0.00882. The minimum atomic E-state index is -1.37. The van der Waals surface area contributed by atoms with E-state index >= 15 is 0 Å². The first-order chi connectivity index (χ1) is 16.8. The van der Waals surface area contributed by atoms with Gasteiger partial charge in [-0.3, -0.25) is 9.59 Å². The molecule has 3 N–H and O–H groups in total. The van der Waals surface area contributed by atoms with Crippen molar-refractivity contribution < 1.29 is 33.8 Å². The van der Waals surface area contributed by atoms with Gasteiger partial charge in [-0.2, -0.15) is 0 Å². The van der Waals surface area contributed by atoms with Crippen LogP contribution in [0.1, 0.15) is 43.2 Å². The Kier molecular flexibility index (Phi) is 8.83. The van der Waals surface area contributed by atoms with E-state index in [1.807, 2.05) is 43.3 Å². The van der Waals surface area contributed by atoms with E-state index in [0.717, 1.165) is 29.4 Å². The molecule has 0 spiro atoms. The number of ether oxygens (including phenoxy) is 2. The van der Waals surface area contributed by atoms with Crippen LogP contribution in [0.2, 0.25) is 0 Å². The van der Waals surface area contributed by atoms with Crippen LogP contribution >= 0.6 is 0 Å². The van der Waals surface area contributed by atoms with E-state index in [1.165, 1.54) is 0 Å². The van der Waals surface area contributed by atoms with Gasteiger partial charge in [0.15, 0.2) is 0 Å². The highest BCUT2D eigenvalue weighted by Crippen LogP contribution is 2.44. The van der Waals surface area contributed by atoms with Crippen LogP contribution in [-0.4, -0.2) is 55.3 Å². The number of carbonyl (C=O) groups excluding carboxylic acids is 3. The van der Waals surface area contributed by atoms with Gasteiger partial charge in [0.25, 0.3) is 0 Å². The van der Waals surface area contributed by atoms with E-state index in [-0.39, 0.29) is 31.4 Å². The summed E-state index contributed by atoms with van der Waals surface area (Å²) in [5, 5.41) is 14.2. The maximum absolute atomic E-state index is 12.4. The van der Waals surface area contributed by atoms with Crippen LogP contribution in [-0.2, 0) is 23.9 Å². The van der Waals surface area contributed by atoms with Crippen molar-refractivity contribution in [2.45, 2.75) is 38.1 Å². The number of carboxylic acids is 1. The number of hydrogen-bond donors (Lipinski definition) is 3. The standard InChI is InChI=1S/C26H30N2O7/c1-3-16(12-23(29)28-22(25(31)32)13-24(30)34-2)14-27-26(33)35-15-21-19-10-6-4-8-17(19)18-9-5-7-11-20(18)21/h4-11,16,21-22H,3,12-15H2,1-2H3,(H,27,33)(H,28,29)(H,31,32)/t16?,22-/m1/s1. The van der Waals surface area contributed by atoms with Crippen molar-refractivity contribution in [3.8, 4) is 11.1 Å². The Morgan fingerprint density at radius 2 is 1.57 bits per heavy atom. The number of alkyl carbamates (subject to hydrolysis) is 1. The van der Waals surface area contributed by atoms with Crippen LogP contribution in [0.5, 0.6) is 0 Å². The predicted molar refractivity (Wildman–Crippen MR) is 128 cm³/mol. The van der Waals surface area contributed by atoms with Crippen molar-refractivity contribution >= 4 is 23.9 Å². The number of aliphatic carboxylic acids is 1. The monoisotopic (exact) mass is 482 g/mol. The van der Waals surface area contributed by atoms with Crippen LogP contribution in [0, 0.1) is 5.92 Å². The molecule has 2 aromatic carbocycles. The van der Waals surface area contributed by atoms with Gasteiger partial charge in [0.05, 0.1) is 13.5 Å². The molecule has 186 valence electrons. The molecule has 3 rings (SSSR count). The molecule has 0 saturated carbocycles. The zero-order valence-electron chi connectivity index (χ0n) is 19.8. The number of carboxylic acid groups (broad SMARTS) is 1. The lowest BCUT2D eigenvalue weighted by molar-refractivity contribution is -0.148. The van der Waals surface area contributed by atoms with Crippen molar-refractivity contribution in [3.05, 3.63) is 59.7 Å². The molecule has 1 unspecified atom stereocenters. The Labute approximate surface area is 203 Å². The molecule has 0 aromatic heterocycles. The minimum Gasteiger partial charge on any atom is -0.480 e. The van der Waals surface area contributed by atoms with Crippen molar-refractivity contribution in [2.75, 3.05) is 20.3 Å². The lowest BCUT2D eigenvalue weighted by Gasteiger charge is -2.19. The Morgan fingerprint density at radius 3 is 2.11 bits per heavy atom. The van der Waals surface area contributed by atoms with Gasteiger partial charge in [0.1, 0.15) is 12.6 Å². The summed E-state index contributed by atoms with van der Waals surface area (Å²) in [7, 11) is 1.14. The molecular weight excluding hydrogens is 452 g/mol. The van der Waals surface area contributed by atoms with E-state index in [1.54, 1.807) is 0 Å². The highest BCUT2D eigenvalue weighted by atomic mass is 16.5. The second kappa shape index (κ2) is 12.0. The van der Waals surface area contributed by atoms with Crippen LogP contribution in [0.15, 0.2) is 48.5 Å². The number of nitrogens with one attached hydrogen (secondary N) is 2. The summed E-state index contributed by atoms with van der Waals surface area (Å²) in [6.07, 6.45) is -0.483. The van der Waals surface area contributed by atoms with E-state index < -0.39 is 36.4 Å². The van der Waals surface area contributed by atoms with E-state index in [4.69, 9.17) is 4.74 Å². The molecular formula is C26H30N2O7. The number of methoxy groups -OCH3 is 1. The zero-order valence-corrected chi connectivity index (χ0v) is 19.8. The largest absolute Gasteiger partial charge is 0.480 e. The average molecular weight is 483 g/mol. The maximum Gasteiger partial charge on any atom is 0.407 e. The summed E-state index contributed by atoms with van der Waals surface area (Å²) < 4.78 is 9.98. The average Bonchev–Trinajstić information content (AvgIpc) is 3.18. The van der Waals surface area contributed by atoms with Gasteiger partial charge >= 0.3 is 18.0 Å². The lowest BCUT2D eigenvalue weighted by Crippen LogP contribution is -2.43. The van der Waals surface area contributed by atoms with Gasteiger partial charge in [-0.1, -0.05) is 61.9 Å². The quantitative estimate of drug-likeness (QED) is 0.420. The van der Waals surface area contributed by atoms with Crippen molar-refractivity contribution in [1.29, 1.82) is 0 Å². The topological polar surface area (TPSA) is 131 Å². The third-order valence-electron chi connectivity index (χ3n) is 6.16. The number of hydrogen-bond acceptors (Lipinski definition) is 6. The first-order valence-electron chi connectivity index (χ1n) is 11.5. The molecule has 9 heteroatoms. The third-order valence-corrected chi connectivity index (χ3v) is 6.16. The van der Waals surface area contributed by atoms with E-state index in [0.29, 0.717) is 6.42 Å². The number of rotatable bonds is 11. The Bertz CT molecular complexity index is 1040. The molecule has 2 atom stereocenters. The van der Waals surface area contributed by atoms with Crippen LogP contribution in [0.3, 0.4) is 0 Å². The highest BCUT2D eigenvalue weighted by molar-refractivity contribution is 5.87. The van der Waals surface area contributed by atoms with Crippen LogP contribution in [0.4, 0.5) is 4.79 Å². The fourth-order valence-electron chi connectivity index (χ4n) is 4.20. The fraction of sp³-hybridized carbons (Fsp3) is 0.385. The summed E-state index contributed by atoms with van der Waals surface area (Å²) in [6.45, 7) is 2.24. The van der Waals surface area contributed by atoms with E-state index in [2.05, 4.69) is 27.5 Å². The van der Waals surface area contributed by atoms with Crippen molar-refractivity contribution in [1.82, 2.24) is 10.6 Å². The summed E-state index contributed by atoms with van der Waals surface area (Å²) in [5.41, 5.74) is 4.51. The molecule has 35 heavy (non-hydrogen) atoms. The number of amides is 2. The summed E-state index contributed by atoms with van der Waals surface area (Å²) >= 11 is 0. The van der Waals surface area contributed by atoms with Gasteiger partial charge in [-0.15, -0.1) is 0 Å². The molecule has 9 nitrogen and oxygen atoms in total.